The normalized spacial score (nSPS) is 15.4. The summed E-state index contributed by atoms with van der Waals surface area (Å²) in [6.07, 6.45) is 9.03. The van der Waals surface area contributed by atoms with Crippen LogP contribution in [0, 0.1) is 5.92 Å². The highest BCUT2D eigenvalue weighted by Crippen LogP contribution is 2.11. The molecular formula is C11H16O. The van der Waals surface area contributed by atoms with E-state index in [-0.39, 0.29) is 5.92 Å². The molecule has 1 heteroatoms. The molecule has 0 spiro atoms. The molecule has 2 atom stereocenters. The number of hydrogen-bond donors (Lipinski definition) is 1. The van der Waals surface area contributed by atoms with Crippen LogP contribution in [0.1, 0.15) is 6.42 Å². The van der Waals surface area contributed by atoms with Crippen molar-refractivity contribution < 1.29 is 5.11 Å². The Bertz CT molecular complexity index is 179. The zero-order valence-electron chi connectivity index (χ0n) is 7.32. The van der Waals surface area contributed by atoms with E-state index in [1.54, 1.807) is 12.2 Å². The van der Waals surface area contributed by atoms with Gasteiger partial charge in [-0.2, -0.15) is 0 Å². The van der Waals surface area contributed by atoms with Gasteiger partial charge in [-0.05, 0) is 6.42 Å². The average Bonchev–Trinajstić information content (AvgIpc) is 2.11. The minimum atomic E-state index is -0.503. The molecule has 0 aromatic carbocycles. The molecule has 12 heavy (non-hydrogen) atoms. The van der Waals surface area contributed by atoms with Gasteiger partial charge in [0, 0.05) is 5.92 Å². The fraction of sp³-hybridized carbons (Fsp3) is 0.273. The Hall–Kier alpha value is -1.08. The molecule has 0 rings (SSSR count). The largest absolute Gasteiger partial charge is 0.388 e. The summed E-state index contributed by atoms with van der Waals surface area (Å²) in [7, 11) is 0. The van der Waals surface area contributed by atoms with Gasteiger partial charge in [0.15, 0.2) is 0 Å². The van der Waals surface area contributed by atoms with Crippen LogP contribution < -0.4 is 0 Å². The van der Waals surface area contributed by atoms with E-state index in [1.165, 1.54) is 6.08 Å². The summed E-state index contributed by atoms with van der Waals surface area (Å²) in [5, 5.41) is 9.37. The molecule has 0 fully saturated rings. The predicted molar refractivity (Wildman–Crippen MR) is 53.8 cm³/mol. The molecule has 0 aliphatic rings. The van der Waals surface area contributed by atoms with E-state index in [1.807, 2.05) is 12.2 Å². The van der Waals surface area contributed by atoms with Gasteiger partial charge in [-0.1, -0.05) is 37.0 Å². The van der Waals surface area contributed by atoms with Crippen molar-refractivity contribution in [3.63, 3.8) is 0 Å². The molecule has 0 aliphatic carbocycles. The van der Waals surface area contributed by atoms with E-state index in [4.69, 9.17) is 0 Å². The minimum Gasteiger partial charge on any atom is -0.388 e. The van der Waals surface area contributed by atoms with Crippen LogP contribution in [0.5, 0.6) is 0 Å². The lowest BCUT2D eigenvalue weighted by Crippen LogP contribution is -2.14. The van der Waals surface area contributed by atoms with Crippen LogP contribution >= 0.6 is 0 Å². The average molecular weight is 164 g/mol. The lowest BCUT2D eigenvalue weighted by Gasteiger charge is -2.13. The molecule has 0 bridgehead atoms. The highest BCUT2D eigenvalue weighted by atomic mass is 16.3. The number of hydrogen-bond acceptors (Lipinski definition) is 1. The monoisotopic (exact) mass is 164 g/mol. The Morgan fingerprint density at radius 3 is 2.25 bits per heavy atom. The SMILES string of the molecule is C=CC=CCC(C=C)C(O)C=C. The summed E-state index contributed by atoms with van der Waals surface area (Å²) >= 11 is 0. The Balaban J connectivity index is 3.98. The van der Waals surface area contributed by atoms with Gasteiger partial charge in [-0.15, -0.1) is 13.2 Å². The van der Waals surface area contributed by atoms with Crippen molar-refractivity contribution >= 4 is 0 Å². The Morgan fingerprint density at radius 1 is 1.17 bits per heavy atom. The quantitative estimate of drug-likeness (QED) is 0.472. The van der Waals surface area contributed by atoms with Gasteiger partial charge < -0.3 is 5.11 Å². The van der Waals surface area contributed by atoms with Crippen LogP contribution in [0.2, 0.25) is 0 Å². The molecule has 1 nitrogen and oxygen atoms in total. The Morgan fingerprint density at radius 2 is 1.83 bits per heavy atom. The molecule has 0 aromatic rings. The molecule has 0 saturated heterocycles. The van der Waals surface area contributed by atoms with E-state index in [0.717, 1.165) is 6.42 Å². The molecule has 0 aliphatic heterocycles. The molecule has 0 radical (unpaired) electrons. The summed E-state index contributed by atoms with van der Waals surface area (Å²) in [5.74, 6) is 0.0544. The van der Waals surface area contributed by atoms with Crippen LogP contribution in [0.25, 0.3) is 0 Å². The molecule has 0 saturated carbocycles. The molecule has 0 heterocycles. The van der Waals surface area contributed by atoms with E-state index in [2.05, 4.69) is 19.7 Å². The van der Waals surface area contributed by atoms with Crippen molar-refractivity contribution in [2.24, 2.45) is 5.92 Å². The lowest BCUT2D eigenvalue weighted by atomic mass is 9.98. The van der Waals surface area contributed by atoms with E-state index in [9.17, 15) is 5.11 Å². The zero-order valence-corrected chi connectivity index (χ0v) is 7.32. The van der Waals surface area contributed by atoms with E-state index in [0.29, 0.717) is 0 Å². The maximum atomic E-state index is 9.37. The van der Waals surface area contributed by atoms with E-state index < -0.39 is 6.10 Å². The standard InChI is InChI=1S/C11H16O/c1-4-7-8-9-10(5-2)11(12)6-3/h4-8,10-12H,1-3,9H2. The third kappa shape index (κ3) is 3.94. The maximum Gasteiger partial charge on any atom is 0.0783 e. The summed E-state index contributed by atoms with van der Waals surface area (Å²) in [4.78, 5) is 0. The van der Waals surface area contributed by atoms with Crippen LogP contribution in [-0.2, 0) is 0 Å². The number of aliphatic hydroxyl groups excluding tert-OH is 1. The number of aliphatic hydroxyl groups is 1. The predicted octanol–water partition coefficient (Wildman–Crippen LogP) is 2.47. The number of allylic oxidation sites excluding steroid dienone is 3. The molecule has 66 valence electrons. The fourth-order valence-corrected chi connectivity index (χ4v) is 0.882. The molecule has 0 amide bonds. The van der Waals surface area contributed by atoms with Crippen LogP contribution in [0.4, 0.5) is 0 Å². The third-order valence-electron chi connectivity index (χ3n) is 1.66. The molecule has 1 N–H and O–H groups in total. The van der Waals surface area contributed by atoms with Gasteiger partial charge in [0.05, 0.1) is 6.10 Å². The van der Waals surface area contributed by atoms with Crippen LogP contribution in [-0.4, -0.2) is 11.2 Å². The zero-order chi connectivity index (χ0) is 9.40. The second-order valence-corrected chi connectivity index (χ2v) is 2.53. The summed E-state index contributed by atoms with van der Waals surface area (Å²) in [6, 6.07) is 0. The van der Waals surface area contributed by atoms with Gasteiger partial charge in [0.2, 0.25) is 0 Å². The lowest BCUT2D eigenvalue weighted by molar-refractivity contribution is 0.178. The first-order valence-electron chi connectivity index (χ1n) is 3.97. The highest BCUT2D eigenvalue weighted by molar-refractivity contribution is 5.02. The van der Waals surface area contributed by atoms with Crippen molar-refractivity contribution in [1.29, 1.82) is 0 Å². The molecule has 0 aromatic heterocycles. The van der Waals surface area contributed by atoms with Crippen LogP contribution in [0.15, 0.2) is 50.1 Å². The second kappa shape index (κ2) is 6.62. The fourth-order valence-electron chi connectivity index (χ4n) is 0.882. The third-order valence-corrected chi connectivity index (χ3v) is 1.66. The maximum absolute atomic E-state index is 9.37. The van der Waals surface area contributed by atoms with Crippen molar-refractivity contribution in [2.75, 3.05) is 0 Å². The van der Waals surface area contributed by atoms with Crippen molar-refractivity contribution in [2.45, 2.75) is 12.5 Å². The summed E-state index contributed by atoms with van der Waals surface area (Å²) < 4.78 is 0. The van der Waals surface area contributed by atoms with Crippen molar-refractivity contribution in [3.05, 3.63) is 50.1 Å². The second-order valence-electron chi connectivity index (χ2n) is 2.53. The topological polar surface area (TPSA) is 20.2 Å². The summed E-state index contributed by atoms with van der Waals surface area (Å²) in [6.45, 7) is 10.7. The van der Waals surface area contributed by atoms with Gasteiger partial charge in [-0.25, -0.2) is 0 Å². The van der Waals surface area contributed by atoms with Crippen LogP contribution in [0.3, 0.4) is 0 Å². The van der Waals surface area contributed by atoms with Crippen molar-refractivity contribution in [3.8, 4) is 0 Å². The summed E-state index contributed by atoms with van der Waals surface area (Å²) in [5.41, 5.74) is 0. The first-order chi connectivity index (χ1) is 5.76. The number of rotatable bonds is 6. The molecule has 2 unspecified atom stereocenters. The first-order valence-corrected chi connectivity index (χ1v) is 3.97. The van der Waals surface area contributed by atoms with Gasteiger partial charge >= 0.3 is 0 Å². The molecular weight excluding hydrogens is 148 g/mol. The van der Waals surface area contributed by atoms with Crippen molar-refractivity contribution in [1.82, 2.24) is 0 Å². The highest BCUT2D eigenvalue weighted by Gasteiger charge is 2.09. The smallest absolute Gasteiger partial charge is 0.0783 e. The first kappa shape index (κ1) is 10.9. The minimum absolute atomic E-state index is 0.0544. The van der Waals surface area contributed by atoms with Gasteiger partial charge in [0.1, 0.15) is 0 Å². The van der Waals surface area contributed by atoms with E-state index >= 15 is 0 Å². The van der Waals surface area contributed by atoms with Gasteiger partial charge in [-0.3, -0.25) is 0 Å². The Kier molecular flexibility index (Phi) is 6.02. The van der Waals surface area contributed by atoms with Gasteiger partial charge in [0.25, 0.3) is 0 Å². The Labute approximate surface area is 74.4 Å².